The van der Waals surface area contributed by atoms with E-state index in [1.54, 1.807) is 0 Å². The fraction of sp³-hybridized carbons (Fsp3) is 0.615. The van der Waals surface area contributed by atoms with Gasteiger partial charge in [0.15, 0.2) is 5.65 Å². The summed E-state index contributed by atoms with van der Waals surface area (Å²) in [5.74, 6) is 0.849. The van der Waals surface area contributed by atoms with Crippen molar-refractivity contribution in [1.82, 2.24) is 25.1 Å². The van der Waals surface area contributed by atoms with Gasteiger partial charge in [-0.25, -0.2) is 9.89 Å². The van der Waals surface area contributed by atoms with E-state index in [2.05, 4.69) is 32.4 Å². The van der Waals surface area contributed by atoms with Crippen LogP contribution in [0.3, 0.4) is 0 Å². The Morgan fingerprint density at radius 1 is 1.50 bits per heavy atom. The minimum Gasteiger partial charge on any atom is -0.351 e. The Labute approximate surface area is 117 Å². The monoisotopic (exact) mass is 276 g/mol. The first-order valence-electron chi connectivity index (χ1n) is 7.21. The summed E-state index contributed by atoms with van der Waals surface area (Å²) in [4.78, 5) is 13.9. The summed E-state index contributed by atoms with van der Waals surface area (Å²) < 4.78 is 1.32. The minimum atomic E-state index is -0.290. The number of hydrogen-bond donors (Lipinski definition) is 2. The van der Waals surface area contributed by atoms with Gasteiger partial charge in [0.25, 0.3) is 0 Å². The van der Waals surface area contributed by atoms with Crippen LogP contribution >= 0.6 is 0 Å². The van der Waals surface area contributed by atoms with Gasteiger partial charge in [-0.3, -0.25) is 0 Å². The molecule has 108 valence electrons. The summed E-state index contributed by atoms with van der Waals surface area (Å²) in [7, 11) is 0. The third-order valence-corrected chi connectivity index (χ3v) is 3.74. The number of rotatable bonds is 5. The second kappa shape index (κ2) is 5.62. The molecule has 1 aliphatic rings. The highest BCUT2D eigenvalue weighted by Crippen LogP contribution is 2.23. The lowest BCUT2D eigenvalue weighted by atomic mass is 10.2. The van der Waals surface area contributed by atoms with Crippen LogP contribution in [0.5, 0.6) is 0 Å². The Kier molecular flexibility index (Phi) is 3.68. The summed E-state index contributed by atoms with van der Waals surface area (Å²) in [6.45, 7) is 5.16. The molecule has 1 fully saturated rings. The van der Waals surface area contributed by atoms with Crippen LogP contribution in [-0.2, 0) is 0 Å². The van der Waals surface area contributed by atoms with Crippen molar-refractivity contribution >= 4 is 11.5 Å². The molecule has 3 rings (SSSR count). The van der Waals surface area contributed by atoms with Gasteiger partial charge in [0.1, 0.15) is 5.82 Å². The SMILES string of the molecule is CCCNCC1CCCN1c1ccc2n[nH]c(=O)n2n1. The van der Waals surface area contributed by atoms with E-state index in [0.717, 1.165) is 38.3 Å². The van der Waals surface area contributed by atoms with Crippen LogP contribution in [0.25, 0.3) is 5.65 Å². The molecular formula is C13H20N6O. The average molecular weight is 276 g/mol. The molecule has 7 heteroatoms. The van der Waals surface area contributed by atoms with Crippen molar-refractivity contribution in [2.75, 3.05) is 24.5 Å². The third-order valence-electron chi connectivity index (χ3n) is 3.74. The van der Waals surface area contributed by atoms with E-state index in [9.17, 15) is 4.79 Å². The predicted octanol–water partition coefficient (Wildman–Crippen LogP) is 0.386. The molecule has 3 heterocycles. The molecule has 20 heavy (non-hydrogen) atoms. The lowest BCUT2D eigenvalue weighted by Crippen LogP contribution is -2.39. The number of nitrogens with one attached hydrogen (secondary N) is 2. The van der Waals surface area contributed by atoms with Gasteiger partial charge in [-0.2, -0.15) is 9.61 Å². The normalized spacial score (nSPS) is 19.1. The Balaban J connectivity index is 1.81. The second-order valence-corrected chi connectivity index (χ2v) is 5.18. The van der Waals surface area contributed by atoms with Crippen LogP contribution in [0.15, 0.2) is 16.9 Å². The molecule has 7 nitrogen and oxygen atoms in total. The fourth-order valence-corrected chi connectivity index (χ4v) is 2.74. The molecule has 0 spiro atoms. The maximum Gasteiger partial charge on any atom is 0.364 e. The van der Waals surface area contributed by atoms with Gasteiger partial charge in [-0.05, 0) is 37.9 Å². The molecule has 1 aliphatic heterocycles. The third kappa shape index (κ3) is 2.40. The number of fused-ring (bicyclic) bond motifs is 1. The summed E-state index contributed by atoms with van der Waals surface area (Å²) in [5, 5.41) is 14.2. The Morgan fingerprint density at radius 2 is 2.40 bits per heavy atom. The Bertz CT molecular complexity index is 633. The van der Waals surface area contributed by atoms with E-state index in [1.165, 1.54) is 10.9 Å². The molecule has 2 aromatic rings. The molecule has 0 amide bonds. The van der Waals surface area contributed by atoms with Gasteiger partial charge in [0.2, 0.25) is 0 Å². The minimum absolute atomic E-state index is 0.290. The van der Waals surface area contributed by atoms with Gasteiger partial charge in [0.05, 0.1) is 0 Å². The summed E-state index contributed by atoms with van der Waals surface area (Å²) in [6.07, 6.45) is 3.47. The quantitative estimate of drug-likeness (QED) is 0.772. The van der Waals surface area contributed by atoms with Crippen LogP contribution in [0.4, 0.5) is 5.82 Å². The first-order valence-corrected chi connectivity index (χ1v) is 7.21. The van der Waals surface area contributed by atoms with Gasteiger partial charge in [0, 0.05) is 19.1 Å². The largest absolute Gasteiger partial charge is 0.364 e. The maximum absolute atomic E-state index is 11.6. The van der Waals surface area contributed by atoms with Crippen molar-refractivity contribution in [1.29, 1.82) is 0 Å². The van der Waals surface area contributed by atoms with Crippen molar-refractivity contribution in [2.24, 2.45) is 0 Å². The van der Waals surface area contributed by atoms with E-state index in [-0.39, 0.29) is 5.69 Å². The lowest BCUT2D eigenvalue weighted by molar-refractivity contribution is 0.566. The van der Waals surface area contributed by atoms with Crippen LogP contribution in [0.2, 0.25) is 0 Å². The fourth-order valence-electron chi connectivity index (χ4n) is 2.74. The van der Waals surface area contributed by atoms with E-state index >= 15 is 0 Å². The number of H-pyrrole nitrogens is 1. The zero-order chi connectivity index (χ0) is 13.9. The van der Waals surface area contributed by atoms with E-state index in [0.29, 0.717) is 11.7 Å². The zero-order valence-electron chi connectivity index (χ0n) is 11.7. The molecule has 0 bridgehead atoms. The van der Waals surface area contributed by atoms with Gasteiger partial charge in [-0.1, -0.05) is 6.92 Å². The molecule has 0 saturated carbocycles. The Hall–Kier alpha value is -1.89. The smallest absolute Gasteiger partial charge is 0.351 e. The molecule has 0 radical (unpaired) electrons. The summed E-state index contributed by atoms with van der Waals surface area (Å²) in [6, 6.07) is 4.22. The summed E-state index contributed by atoms with van der Waals surface area (Å²) >= 11 is 0. The molecule has 1 saturated heterocycles. The standard InChI is InChI=1S/C13H20N6O/c1-2-7-14-9-10-4-3-8-18(10)12-6-5-11-15-16-13(20)19(11)17-12/h5-6,10,14H,2-4,7-9H2,1H3,(H,16,20). The topological polar surface area (TPSA) is 78.3 Å². The van der Waals surface area contributed by atoms with E-state index < -0.39 is 0 Å². The number of nitrogens with zero attached hydrogens (tertiary/aromatic N) is 4. The van der Waals surface area contributed by atoms with Crippen LogP contribution in [0.1, 0.15) is 26.2 Å². The second-order valence-electron chi connectivity index (χ2n) is 5.18. The zero-order valence-corrected chi connectivity index (χ0v) is 11.7. The molecule has 0 aromatic carbocycles. The van der Waals surface area contributed by atoms with Crippen molar-refractivity contribution in [3.8, 4) is 0 Å². The highest BCUT2D eigenvalue weighted by Gasteiger charge is 2.25. The van der Waals surface area contributed by atoms with Crippen molar-refractivity contribution in [3.05, 3.63) is 22.6 Å². The van der Waals surface area contributed by atoms with Gasteiger partial charge < -0.3 is 10.2 Å². The van der Waals surface area contributed by atoms with Gasteiger partial charge in [-0.15, -0.1) is 5.10 Å². The van der Waals surface area contributed by atoms with Crippen LogP contribution < -0.4 is 15.9 Å². The molecule has 0 aliphatic carbocycles. The number of anilines is 1. The number of aromatic nitrogens is 4. The first-order chi connectivity index (χ1) is 9.79. The molecule has 1 atom stereocenters. The lowest BCUT2D eigenvalue weighted by Gasteiger charge is -2.25. The predicted molar refractivity (Wildman–Crippen MR) is 77.1 cm³/mol. The Morgan fingerprint density at radius 3 is 3.25 bits per heavy atom. The van der Waals surface area contributed by atoms with Crippen LogP contribution in [-0.4, -0.2) is 45.5 Å². The molecule has 2 N–H and O–H groups in total. The number of aromatic amines is 1. The van der Waals surface area contributed by atoms with Crippen molar-refractivity contribution < 1.29 is 0 Å². The highest BCUT2D eigenvalue weighted by molar-refractivity contribution is 5.46. The van der Waals surface area contributed by atoms with Crippen molar-refractivity contribution in [3.63, 3.8) is 0 Å². The number of hydrogen-bond acceptors (Lipinski definition) is 5. The maximum atomic E-state index is 11.6. The summed E-state index contributed by atoms with van der Waals surface area (Å²) in [5.41, 5.74) is 0.264. The van der Waals surface area contributed by atoms with Crippen LogP contribution in [0, 0.1) is 0 Å². The highest BCUT2D eigenvalue weighted by atomic mass is 16.2. The molecule has 2 aromatic heterocycles. The average Bonchev–Trinajstić information content (AvgIpc) is 3.06. The molecule has 1 unspecified atom stereocenters. The van der Waals surface area contributed by atoms with Gasteiger partial charge >= 0.3 is 5.69 Å². The first kappa shape index (κ1) is 13.1. The van der Waals surface area contributed by atoms with E-state index in [1.807, 2.05) is 12.1 Å². The van der Waals surface area contributed by atoms with Crippen molar-refractivity contribution in [2.45, 2.75) is 32.2 Å². The van der Waals surface area contributed by atoms with E-state index in [4.69, 9.17) is 0 Å². The molecular weight excluding hydrogens is 256 g/mol.